The van der Waals surface area contributed by atoms with E-state index in [9.17, 15) is 9.59 Å². The molecular formula is C16H16O7. The fourth-order valence-corrected chi connectivity index (χ4v) is 1.85. The highest BCUT2D eigenvalue weighted by atomic mass is 16.6. The second kappa shape index (κ2) is 7.35. The van der Waals surface area contributed by atoms with Crippen LogP contribution < -0.4 is 9.47 Å². The topological polar surface area (TPSA) is 84.2 Å². The molecule has 2 aromatic rings. The van der Waals surface area contributed by atoms with Gasteiger partial charge in [-0.3, -0.25) is 0 Å². The van der Waals surface area contributed by atoms with Crippen molar-refractivity contribution in [3.63, 3.8) is 0 Å². The first-order valence-electron chi connectivity index (χ1n) is 6.65. The molecule has 0 atom stereocenters. The van der Waals surface area contributed by atoms with Gasteiger partial charge in [0.25, 0.3) is 0 Å². The number of benzene rings is 1. The van der Waals surface area contributed by atoms with Crippen molar-refractivity contribution in [1.82, 2.24) is 0 Å². The Hall–Kier alpha value is -2.96. The summed E-state index contributed by atoms with van der Waals surface area (Å²) in [5, 5.41) is 0. The van der Waals surface area contributed by atoms with Crippen LogP contribution in [0, 0.1) is 0 Å². The molecule has 0 unspecified atom stereocenters. The summed E-state index contributed by atoms with van der Waals surface area (Å²) in [6.07, 6.45) is 0. The van der Waals surface area contributed by atoms with E-state index >= 15 is 0 Å². The van der Waals surface area contributed by atoms with E-state index in [-0.39, 0.29) is 17.9 Å². The van der Waals surface area contributed by atoms with Crippen molar-refractivity contribution >= 4 is 11.9 Å². The van der Waals surface area contributed by atoms with E-state index in [1.807, 2.05) is 0 Å². The smallest absolute Gasteiger partial charge is 0.373 e. The summed E-state index contributed by atoms with van der Waals surface area (Å²) in [4.78, 5) is 23.5. The van der Waals surface area contributed by atoms with Crippen LogP contribution >= 0.6 is 0 Å². The molecule has 1 aromatic carbocycles. The highest BCUT2D eigenvalue weighted by Gasteiger charge is 2.17. The lowest BCUT2D eigenvalue weighted by Gasteiger charge is -2.09. The molecule has 7 nitrogen and oxygen atoms in total. The van der Waals surface area contributed by atoms with Crippen LogP contribution in [0.25, 0.3) is 0 Å². The van der Waals surface area contributed by atoms with Gasteiger partial charge in [-0.1, -0.05) is 0 Å². The Labute approximate surface area is 132 Å². The lowest BCUT2D eigenvalue weighted by Crippen LogP contribution is -2.07. The number of methoxy groups -OCH3 is 3. The van der Waals surface area contributed by atoms with Crippen molar-refractivity contribution < 1.29 is 33.0 Å². The average molecular weight is 320 g/mol. The van der Waals surface area contributed by atoms with Crippen molar-refractivity contribution in [3.05, 3.63) is 47.4 Å². The molecule has 0 radical (unpaired) electrons. The zero-order valence-electron chi connectivity index (χ0n) is 13.0. The Kier molecular flexibility index (Phi) is 5.24. The van der Waals surface area contributed by atoms with Crippen LogP contribution in [0.3, 0.4) is 0 Å². The number of esters is 2. The number of hydrogen-bond donors (Lipinski definition) is 0. The van der Waals surface area contributed by atoms with E-state index in [0.717, 1.165) is 0 Å². The number of carbonyl (C=O) groups excluding carboxylic acids is 2. The molecule has 0 amide bonds. The molecule has 0 spiro atoms. The summed E-state index contributed by atoms with van der Waals surface area (Å²) < 4.78 is 25.1. The van der Waals surface area contributed by atoms with Crippen LogP contribution in [-0.2, 0) is 16.1 Å². The van der Waals surface area contributed by atoms with Crippen LogP contribution in [0.15, 0.2) is 34.7 Å². The SMILES string of the molecule is COC(=O)c1ccc(COC(=O)c2cc(OC)ccc2OC)o1. The standard InChI is InChI=1S/C16H16O7/c1-19-10-4-6-13(20-2)12(8-10)15(17)22-9-11-5-7-14(23-11)16(18)21-3/h4-8H,9H2,1-3H3. The van der Waals surface area contributed by atoms with Gasteiger partial charge in [0, 0.05) is 0 Å². The molecule has 7 heteroatoms. The Balaban J connectivity index is 2.07. The fourth-order valence-electron chi connectivity index (χ4n) is 1.85. The van der Waals surface area contributed by atoms with Crippen molar-refractivity contribution in [2.75, 3.05) is 21.3 Å². The fraction of sp³-hybridized carbons (Fsp3) is 0.250. The maximum Gasteiger partial charge on any atom is 0.373 e. The third-order valence-corrected chi connectivity index (χ3v) is 3.02. The molecule has 0 N–H and O–H groups in total. The Morgan fingerprint density at radius 3 is 2.43 bits per heavy atom. The van der Waals surface area contributed by atoms with Crippen molar-refractivity contribution in [2.24, 2.45) is 0 Å². The first-order chi connectivity index (χ1) is 11.1. The summed E-state index contributed by atoms with van der Waals surface area (Å²) in [7, 11) is 4.20. The second-order valence-electron chi connectivity index (χ2n) is 4.40. The molecule has 0 bridgehead atoms. The zero-order valence-corrected chi connectivity index (χ0v) is 13.0. The highest BCUT2D eigenvalue weighted by molar-refractivity contribution is 5.93. The van der Waals surface area contributed by atoms with E-state index in [4.69, 9.17) is 18.6 Å². The maximum absolute atomic E-state index is 12.2. The molecular weight excluding hydrogens is 304 g/mol. The van der Waals surface area contributed by atoms with Gasteiger partial charge in [-0.25, -0.2) is 9.59 Å². The maximum atomic E-state index is 12.2. The molecule has 0 saturated carbocycles. The molecule has 0 fully saturated rings. The predicted molar refractivity (Wildman–Crippen MR) is 78.7 cm³/mol. The highest BCUT2D eigenvalue weighted by Crippen LogP contribution is 2.25. The summed E-state index contributed by atoms with van der Waals surface area (Å²) in [5.41, 5.74) is 0.228. The van der Waals surface area contributed by atoms with Gasteiger partial charge in [-0.2, -0.15) is 0 Å². The van der Waals surface area contributed by atoms with Crippen LogP contribution in [0.5, 0.6) is 11.5 Å². The number of rotatable bonds is 6. The lowest BCUT2D eigenvalue weighted by molar-refractivity contribution is 0.0434. The molecule has 1 aromatic heterocycles. The number of hydrogen-bond acceptors (Lipinski definition) is 7. The zero-order chi connectivity index (χ0) is 16.8. The minimum absolute atomic E-state index is 0.0394. The lowest BCUT2D eigenvalue weighted by atomic mass is 10.2. The Bertz CT molecular complexity index is 702. The summed E-state index contributed by atoms with van der Waals surface area (Å²) in [6, 6.07) is 7.77. The second-order valence-corrected chi connectivity index (χ2v) is 4.40. The van der Waals surface area contributed by atoms with Gasteiger partial charge in [0.05, 0.1) is 21.3 Å². The van der Waals surface area contributed by atoms with E-state index in [2.05, 4.69) is 4.74 Å². The van der Waals surface area contributed by atoms with E-state index in [1.165, 1.54) is 39.5 Å². The minimum Gasteiger partial charge on any atom is -0.497 e. The van der Waals surface area contributed by atoms with E-state index in [0.29, 0.717) is 17.3 Å². The molecule has 0 aliphatic carbocycles. The minimum atomic E-state index is -0.600. The van der Waals surface area contributed by atoms with Gasteiger partial charge in [0.1, 0.15) is 29.4 Å². The Morgan fingerprint density at radius 2 is 1.78 bits per heavy atom. The normalized spacial score (nSPS) is 10.0. The van der Waals surface area contributed by atoms with E-state index in [1.54, 1.807) is 12.1 Å². The summed E-state index contributed by atoms with van der Waals surface area (Å²) >= 11 is 0. The first kappa shape index (κ1) is 16.4. The van der Waals surface area contributed by atoms with Gasteiger partial charge < -0.3 is 23.4 Å². The van der Waals surface area contributed by atoms with E-state index < -0.39 is 11.9 Å². The molecule has 0 aliphatic rings. The van der Waals surface area contributed by atoms with Gasteiger partial charge >= 0.3 is 11.9 Å². The quantitative estimate of drug-likeness (QED) is 0.756. The average Bonchev–Trinajstić information content (AvgIpc) is 3.07. The van der Waals surface area contributed by atoms with Crippen LogP contribution in [0.4, 0.5) is 0 Å². The molecule has 0 aliphatic heterocycles. The summed E-state index contributed by atoms with van der Waals surface area (Å²) in [6.45, 7) is -0.129. The molecule has 2 rings (SSSR count). The largest absolute Gasteiger partial charge is 0.497 e. The first-order valence-corrected chi connectivity index (χ1v) is 6.65. The molecule has 0 saturated heterocycles. The summed E-state index contributed by atoms with van der Waals surface area (Å²) in [5.74, 6) is 0.0288. The molecule has 122 valence electrons. The Morgan fingerprint density at radius 1 is 1.00 bits per heavy atom. The van der Waals surface area contributed by atoms with Crippen molar-refractivity contribution in [1.29, 1.82) is 0 Å². The number of ether oxygens (including phenoxy) is 4. The van der Waals surface area contributed by atoms with Crippen LogP contribution in [-0.4, -0.2) is 33.3 Å². The predicted octanol–water partition coefficient (Wildman–Crippen LogP) is 2.44. The third kappa shape index (κ3) is 3.82. The van der Waals surface area contributed by atoms with Gasteiger partial charge in [-0.05, 0) is 30.3 Å². The van der Waals surface area contributed by atoms with Crippen LogP contribution in [0.2, 0.25) is 0 Å². The van der Waals surface area contributed by atoms with Crippen molar-refractivity contribution in [3.8, 4) is 11.5 Å². The third-order valence-electron chi connectivity index (χ3n) is 3.02. The van der Waals surface area contributed by atoms with Gasteiger partial charge in [0.15, 0.2) is 0 Å². The van der Waals surface area contributed by atoms with Crippen LogP contribution in [0.1, 0.15) is 26.7 Å². The van der Waals surface area contributed by atoms with Crippen molar-refractivity contribution in [2.45, 2.75) is 6.61 Å². The molecule has 23 heavy (non-hydrogen) atoms. The van der Waals surface area contributed by atoms with Gasteiger partial charge in [0.2, 0.25) is 5.76 Å². The molecule has 1 heterocycles. The number of furan rings is 1. The monoisotopic (exact) mass is 320 g/mol. The number of carbonyl (C=O) groups is 2. The van der Waals surface area contributed by atoms with Gasteiger partial charge in [-0.15, -0.1) is 0 Å².